The molecule has 0 spiro atoms. The van der Waals surface area contributed by atoms with Gasteiger partial charge in [-0.05, 0) is 32.4 Å². The van der Waals surface area contributed by atoms with E-state index in [1.54, 1.807) is 12.3 Å². The van der Waals surface area contributed by atoms with Crippen molar-refractivity contribution in [3.8, 4) is 0 Å². The molecular formula is C14H20N6O. The number of carbonyl (C=O) groups is 1. The predicted molar refractivity (Wildman–Crippen MR) is 80.7 cm³/mol. The molecule has 0 atom stereocenters. The second kappa shape index (κ2) is 6.85. The van der Waals surface area contributed by atoms with Crippen LogP contribution in [0.25, 0.3) is 0 Å². The lowest BCUT2D eigenvalue weighted by molar-refractivity contribution is 0.0953. The Balaban J connectivity index is 1.83. The first kappa shape index (κ1) is 15.0. The first-order valence-electron chi connectivity index (χ1n) is 6.81. The van der Waals surface area contributed by atoms with Gasteiger partial charge in [0.2, 0.25) is 0 Å². The molecule has 0 saturated carbocycles. The number of nitrogens with two attached hydrogens (primary N) is 1. The fourth-order valence-corrected chi connectivity index (χ4v) is 2.13. The number of amides is 1. The van der Waals surface area contributed by atoms with Gasteiger partial charge in [-0.25, -0.2) is 0 Å². The van der Waals surface area contributed by atoms with Gasteiger partial charge in [0, 0.05) is 25.0 Å². The quantitative estimate of drug-likeness (QED) is 0.418. The van der Waals surface area contributed by atoms with E-state index in [9.17, 15) is 4.79 Å². The van der Waals surface area contributed by atoms with Gasteiger partial charge in [-0.2, -0.15) is 5.10 Å². The summed E-state index contributed by atoms with van der Waals surface area (Å²) in [5.41, 5.74) is 5.59. The van der Waals surface area contributed by atoms with Gasteiger partial charge >= 0.3 is 0 Å². The van der Waals surface area contributed by atoms with E-state index in [1.165, 1.54) is 6.20 Å². The highest BCUT2D eigenvalue weighted by Gasteiger charge is 2.10. The molecule has 1 amide bonds. The highest BCUT2D eigenvalue weighted by molar-refractivity contribution is 5.99. The number of nitrogens with one attached hydrogen (secondary N) is 2. The number of nitrogens with zero attached hydrogens (tertiary/aromatic N) is 3. The summed E-state index contributed by atoms with van der Waals surface area (Å²) < 4.78 is 1.95. The smallest absolute Gasteiger partial charge is 0.253 e. The molecular weight excluding hydrogens is 268 g/mol. The van der Waals surface area contributed by atoms with Crippen LogP contribution in [0.5, 0.6) is 0 Å². The van der Waals surface area contributed by atoms with E-state index in [-0.39, 0.29) is 5.91 Å². The van der Waals surface area contributed by atoms with Gasteiger partial charge in [0.1, 0.15) is 0 Å². The molecule has 2 aromatic heterocycles. The Morgan fingerprint density at radius 2 is 2.24 bits per heavy atom. The molecule has 0 radical (unpaired) electrons. The van der Waals surface area contributed by atoms with Crippen molar-refractivity contribution in [2.45, 2.75) is 26.8 Å². The van der Waals surface area contributed by atoms with Crippen molar-refractivity contribution < 1.29 is 4.79 Å². The van der Waals surface area contributed by atoms with Crippen molar-refractivity contribution in [2.75, 3.05) is 12.0 Å². The predicted octanol–water partition coefficient (Wildman–Crippen LogP) is 1.00. The first-order chi connectivity index (χ1) is 10.1. The average molecular weight is 288 g/mol. The molecule has 21 heavy (non-hydrogen) atoms. The molecule has 2 aromatic rings. The monoisotopic (exact) mass is 288 g/mol. The summed E-state index contributed by atoms with van der Waals surface area (Å²) in [4.78, 5) is 16.0. The van der Waals surface area contributed by atoms with E-state index >= 15 is 0 Å². The number of anilines is 1. The molecule has 0 unspecified atom stereocenters. The number of aryl methyl sites for hydroxylation is 3. The van der Waals surface area contributed by atoms with Gasteiger partial charge in [0.25, 0.3) is 5.91 Å². The molecule has 0 bridgehead atoms. The molecule has 0 saturated heterocycles. The van der Waals surface area contributed by atoms with Crippen LogP contribution in [0.15, 0.2) is 24.5 Å². The molecule has 7 nitrogen and oxygen atoms in total. The van der Waals surface area contributed by atoms with Gasteiger partial charge in [0.15, 0.2) is 0 Å². The van der Waals surface area contributed by atoms with Crippen LogP contribution < -0.4 is 16.6 Å². The summed E-state index contributed by atoms with van der Waals surface area (Å²) in [6.45, 7) is 5.34. The average Bonchev–Trinajstić information content (AvgIpc) is 2.81. The van der Waals surface area contributed by atoms with Crippen molar-refractivity contribution in [3.63, 3.8) is 0 Å². The Morgan fingerprint density at radius 1 is 1.43 bits per heavy atom. The van der Waals surface area contributed by atoms with E-state index < -0.39 is 0 Å². The molecule has 0 aliphatic rings. The number of hydrogen-bond donors (Lipinski definition) is 3. The Bertz CT molecular complexity index is 622. The van der Waals surface area contributed by atoms with Crippen LogP contribution in [0.4, 0.5) is 5.69 Å². The molecule has 0 aromatic carbocycles. The summed E-state index contributed by atoms with van der Waals surface area (Å²) in [6.07, 6.45) is 3.89. The summed E-state index contributed by atoms with van der Waals surface area (Å²) >= 11 is 0. The summed E-state index contributed by atoms with van der Waals surface area (Å²) in [6, 6.07) is 3.67. The molecule has 7 heteroatoms. The van der Waals surface area contributed by atoms with E-state index in [1.807, 2.05) is 24.6 Å². The molecule has 0 aliphatic carbocycles. The van der Waals surface area contributed by atoms with Gasteiger partial charge in [0.05, 0.1) is 23.1 Å². The van der Waals surface area contributed by atoms with E-state index in [0.29, 0.717) is 17.8 Å². The highest BCUT2D eigenvalue weighted by Crippen LogP contribution is 2.11. The lowest BCUT2D eigenvalue weighted by Gasteiger charge is -2.09. The number of aromatic nitrogens is 3. The molecule has 4 N–H and O–H groups in total. The fraction of sp³-hybridized carbons (Fsp3) is 0.357. The standard InChI is InChI=1S/C14H20N6O/c1-10-8-11(2)20(19-10)7-3-5-17-14(21)12-4-6-16-9-13(12)18-15/h4,6,8-9,18H,3,5,7,15H2,1-2H3,(H,17,21). The molecule has 2 rings (SSSR count). The van der Waals surface area contributed by atoms with Crippen LogP contribution in [0.1, 0.15) is 28.2 Å². The van der Waals surface area contributed by atoms with Gasteiger partial charge in [-0.3, -0.25) is 20.3 Å². The minimum atomic E-state index is -0.168. The molecule has 2 heterocycles. The summed E-state index contributed by atoms with van der Waals surface area (Å²) in [5, 5.41) is 7.25. The van der Waals surface area contributed by atoms with Crippen molar-refractivity contribution in [1.29, 1.82) is 0 Å². The number of nitrogen functional groups attached to an aromatic ring is 1. The number of hydrogen-bond acceptors (Lipinski definition) is 5. The number of hydrazine groups is 1. The zero-order valence-corrected chi connectivity index (χ0v) is 12.3. The van der Waals surface area contributed by atoms with Crippen LogP contribution >= 0.6 is 0 Å². The topological polar surface area (TPSA) is 97.9 Å². The van der Waals surface area contributed by atoms with Crippen molar-refractivity contribution in [2.24, 2.45) is 5.84 Å². The minimum absolute atomic E-state index is 0.168. The Labute approximate surface area is 123 Å². The summed E-state index contributed by atoms with van der Waals surface area (Å²) in [5.74, 6) is 5.19. The third kappa shape index (κ3) is 3.79. The molecule has 0 aliphatic heterocycles. The van der Waals surface area contributed by atoms with Crippen molar-refractivity contribution >= 4 is 11.6 Å². The Kier molecular flexibility index (Phi) is 4.89. The molecule has 0 fully saturated rings. The maximum atomic E-state index is 12.0. The van der Waals surface area contributed by atoms with E-state index in [4.69, 9.17) is 5.84 Å². The zero-order chi connectivity index (χ0) is 15.2. The fourth-order valence-electron chi connectivity index (χ4n) is 2.13. The minimum Gasteiger partial charge on any atom is -0.352 e. The molecule has 112 valence electrons. The van der Waals surface area contributed by atoms with E-state index in [0.717, 1.165) is 24.4 Å². The number of rotatable bonds is 6. The maximum Gasteiger partial charge on any atom is 0.253 e. The maximum absolute atomic E-state index is 12.0. The Hall–Kier alpha value is -2.41. The van der Waals surface area contributed by atoms with Crippen LogP contribution in [0.3, 0.4) is 0 Å². The van der Waals surface area contributed by atoms with Crippen molar-refractivity contribution in [3.05, 3.63) is 41.5 Å². The van der Waals surface area contributed by atoms with Crippen LogP contribution in [-0.4, -0.2) is 27.2 Å². The van der Waals surface area contributed by atoms with Gasteiger partial charge in [-0.1, -0.05) is 0 Å². The largest absolute Gasteiger partial charge is 0.352 e. The first-order valence-corrected chi connectivity index (χ1v) is 6.81. The third-order valence-corrected chi connectivity index (χ3v) is 3.16. The third-order valence-electron chi connectivity index (χ3n) is 3.16. The van der Waals surface area contributed by atoms with E-state index in [2.05, 4.69) is 20.8 Å². The Morgan fingerprint density at radius 3 is 2.90 bits per heavy atom. The van der Waals surface area contributed by atoms with Crippen LogP contribution in [0.2, 0.25) is 0 Å². The lowest BCUT2D eigenvalue weighted by Crippen LogP contribution is -2.27. The van der Waals surface area contributed by atoms with Gasteiger partial charge < -0.3 is 10.7 Å². The van der Waals surface area contributed by atoms with Crippen LogP contribution in [-0.2, 0) is 6.54 Å². The SMILES string of the molecule is Cc1cc(C)n(CCCNC(=O)c2ccncc2NN)n1. The zero-order valence-electron chi connectivity index (χ0n) is 12.3. The second-order valence-electron chi connectivity index (χ2n) is 4.83. The van der Waals surface area contributed by atoms with Crippen LogP contribution in [0, 0.1) is 13.8 Å². The summed E-state index contributed by atoms with van der Waals surface area (Å²) in [7, 11) is 0. The second-order valence-corrected chi connectivity index (χ2v) is 4.83. The number of carbonyl (C=O) groups excluding carboxylic acids is 1. The normalized spacial score (nSPS) is 10.4. The lowest BCUT2D eigenvalue weighted by atomic mass is 10.2. The van der Waals surface area contributed by atoms with Gasteiger partial charge in [-0.15, -0.1) is 0 Å². The number of pyridine rings is 1. The highest BCUT2D eigenvalue weighted by atomic mass is 16.1. The van der Waals surface area contributed by atoms with Crippen molar-refractivity contribution in [1.82, 2.24) is 20.1 Å².